The third kappa shape index (κ3) is 4.78. The number of anilines is 2. The van der Waals surface area contributed by atoms with Gasteiger partial charge in [-0.15, -0.1) is 0 Å². The number of nitro benzene ring substituents is 1. The second-order valence-corrected chi connectivity index (χ2v) is 8.03. The standard InChI is InChI=1S/C20H16FN3O5S/c1-13-5-10-18(30(28,29)23-15-8-6-14(21)7-9-15)12-19(13)20(25)22-16-3-2-4-17(11-16)24(26)27/h2-12,23H,1H3,(H,22,25). The maximum atomic E-state index is 13.0. The van der Waals surface area contributed by atoms with Crippen LogP contribution in [0.1, 0.15) is 15.9 Å². The fourth-order valence-corrected chi connectivity index (χ4v) is 3.72. The van der Waals surface area contributed by atoms with Gasteiger partial charge in [-0.2, -0.15) is 0 Å². The number of nitro groups is 1. The van der Waals surface area contributed by atoms with E-state index in [2.05, 4.69) is 10.0 Å². The van der Waals surface area contributed by atoms with Crippen molar-refractivity contribution in [3.8, 4) is 0 Å². The molecule has 0 aliphatic heterocycles. The van der Waals surface area contributed by atoms with Crippen molar-refractivity contribution in [1.82, 2.24) is 0 Å². The summed E-state index contributed by atoms with van der Waals surface area (Å²) < 4.78 is 40.6. The van der Waals surface area contributed by atoms with E-state index in [9.17, 15) is 27.7 Å². The van der Waals surface area contributed by atoms with Crippen molar-refractivity contribution >= 4 is 33.0 Å². The van der Waals surface area contributed by atoms with Crippen molar-refractivity contribution < 1.29 is 22.5 Å². The SMILES string of the molecule is Cc1ccc(S(=O)(=O)Nc2ccc(F)cc2)cc1C(=O)Nc1cccc([N+](=O)[O-])c1. The summed E-state index contributed by atoms with van der Waals surface area (Å²) in [6, 6.07) is 14.2. The Labute approximate surface area is 171 Å². The number of carbonyl (C=O) groups excluding carboxylic acids is 1. The molecule has 0 radical (unpaired) electrons. The van der Waals surface area contributed by atoms with Gasteiger partial charge in [0.2, 0.25) is 0 Å². The van der Waals surface area contributed by atoms with Crippen molar-refractivity contribution in [2.24, 2.45) is 0 Å². The molecular formula is C20H16FN3O5S. The Morgan fingerprint density at radius 1 is 1.00 bits per heavy atom. The van der Waals surface area contributed by atoms with Gasteiger partial charge in [0, 0.05) is 29.1 Å². The summed E-state index contributed by atoms with van der Waals surface area (Å²) in [5, 5.41) is 13.4. The Morgan fingerprint density at radius 2 is 1.70 bits per heavy atom. The van der Waals surface area contributed by atoms with E-state index in [1.165, 1.54) is 54.6 Å². The zero-order valence-electron chi connectivity index (χ0n) is 15.6. The van der Waals surface area contributed by atoms with Crippen LogP contribution in [0.2, 0.25) is 0 Å². The highest BCUT2D eigenvalue weighted by molar-refractivity contribution is 7.92. The van der Waals surface area contributed by atoms with Crippen LogP contribution in [0.4, 0.5) is 21.5 Å². The molecule has 0 heterocycles. The molecule has 0 bridgehead atoms. The van der Waals surface area contributed by atoms with Gasteiger partial charge in [0.25, 0.3) is 21.6 Å². The summed E-state index contributed by atoms with van der Waals surface area (Å²) in [5.74, 6) is -1.12. The van der Waals surface area contributed by atoms with E-state index in [0.29, 0.717) is 5.56 Å². The largest absolute Gasteiger partial charge is 0.322 e. The van der Waals surface area contributed by atoms with E-state index in [0.717, 1.165) is 12.1 Å². The van der Waals surface area contributed by atoms with Gasteiger partial charge in [-0.25, -0.2) is 12.8 Å². The minimum Gasteiger partial charge on any atom is -0.322 e. The van der Waals surface area contributed by atoms with Crippen LogP contribution in [-0.2, 0) is 10.0 Å². The Morgan fingerprint density at radius 3 is 2.37 bits per heavy atom. The number of carbonyl (C=O) groups is 1. The summed E-state index contributed by atoms with van der Waals surface area (Å²) >= 11 is 0. The topological polar surface area (TPSA) is 118 Å². The molecule has 3 aromatic rings. The van der Waals surface area contributed by atoms with Gasteiger partial charge >= 0.3 is 0 Å². The molecule has 0 spiro atoms. The highest BCUT2D eigenvalue weighted by atomic mass is 32.2. The Bertz CT molecular complexity index is 1230. The minimum absolute atomic E-state index is 0.0866. The van der Waals surface area contributed by atoms with Crippen molar-refractivity contribution in [3.63, 3.8) is 0 Å². The fourth-order valence-electron chi connectivity index (χ4n) is 2.64. The zero-order chi connectivity index (χ0) is 21.9. The summed E-state index contributed by atoms with van der Waals surface area (Å²) in [6.45, 7) is 1.63. The number of nitrogens with one attached hydrogen (secondary N) is 2. The number of sulfonamides is 1. The van der Waals surface area contributed by atoms with Crippen LogP contribution >= 0.6 is 0 Å². The smallest absolute Gasteiger partial charge is 0.271 e. The molecule has 0 saturated heterocycles. The van der Waals surface area contributed by atoms with Gasteiger partial charge in [0.15, 0.2) is 0 Å². The van der Waals surface area contributed by atoms with Crippen LogP contribution in [-0.4, -0.2) is 19.2 Å². The van der Waals surface area contributed by atoms with Crippen molar-refractivity contribution in [2.75, 3.05) is 10.0 Å². The Hall–Kier alpha value is -3.79. The van der Waals surface area contributed by atoms with Gasteiger partial charge in [0.1, 0.15) is 5.82 Å². The lowest BCUT2D eigenvalue weighted by molar-refractivity contribution is -0.384. The normalized spacial score (nSPS) is 11.0. The number of rotatable bonds is 6. The summed E-state index contributed by atoms with van der Waals surface area (Å²) in [7, 11) is -4.03. The number of nitrogens with zero attached hydrogens (tertiary/aromatic N) is 1. The minimum atomic E-state index is -4.03. The van der Waals surface area contributed by atoms with Crippen molar-refractivity contribution in [1.29, 1.82) is 0 Å². The van der Waals surface area contributed by atoms with E-state index < -0.39 is 26.7 Å². The van der Waals surface area contributed by atoms with Crippen molar-refractivity contribution in [3.05, 3.63) is 93.8 Å². The second kappa shape index (κ2) is 8.29. The number of aryl methyl sites for hydroxylation is 1. The molecule has 0 saturated carbocycles. The van der Waals surface area contributed by atoms with Gasteiger partial charge < -0.3 is 5.32 Å². The quantitative estimate of drug-likeness (QED) is 0.452. The number of non-ortho nitro benzene ring substituents is 1. The van der Waals surface area contributed by atoms with Crippen LogP contribution < -0.4 is 10.0 Å². The summed E-state index contributed by atoms with van der Waals surface area (Å²) in [5.41, 5.74) is 0.775. The molecule has 3 rings (SSSR count). The maximum Gasteiger partial charge on any atom is 0.271 e. The molecule has 1 amide bonds. The number of benzene rings is 3. The van der Waals surface area contributed by atoms with Crippen LogP contribution in [0.3, 0.4) is 0 Å². The first-order valence-electron chi connectivity index (χ1n) is 8.60. The fraction of sp³-hybridized carbons (Fsp3) is 0.0500. The first kappa shape index (κ1) is 20.9. The van der Waals surface area contributed by atoms with Crippen LogP contribution in [0.5, 0.6) is 0 Å². The number of hydrogen-bond donors (Lipinski definition) is 2. The van der Waals surface area contributed by atoms with Gasteiger partial charge in [-0.3, -0.25) is 19.6 Å². The molecule has 0 aromatic heterocycles. The highest BCUT2D eigenvalue weighted by Crippen LogP contribution is 2.22. The van der Waals surface area contributed by atoms with Crippen LogP contribution in [0.25, 0.3) is 0 Å². The average molecular weight is 429 g/mol. The van der Waals surface area contributed by atoms with Crippen LogP contribution in [0, 0.1) is 22.9 Å². The molecule has 0 unspecified atom stereocenters. The monoisotopic (exact) mass is 429 g/mol. The molecule has 2 N–H and O–H groups in total. The van der Waals surface area contributed by atoms with E-state index in [1.807, 2.05) is 0 Å². The van der Waals surface area contributed by atoms with Crippen molar-refractivity contribution in [2.45, 2.75) is 11.8 Å². The Kier molecular flexibility index (Phi) is 5.79. The lowest BCUT2D eigenvalue weighted by atomic mass is 10.1. The molecule has 0 aliphatic rings. The van der Waals surface area contributed by atoms with Gasteiger partial charge in [-0.05, 0) is 55.0 Å². The maximum absolute atomic E-state index is 13.0. The third-order valence-electron chi connectivity index (χ3n) is 4.18. The number of hydrogen-bond acceptors (Lipinski definition) is 5. The highest BCUT2D eigenvalue weighted by Gasteiger charge is 2.19. The molecule has 154 valence electrons. The lowest BCUT2D eigenvalue weighted by Gasteiger charge is -2.12. The Balaban J connectivity index is 1.87. The van der Waals surface area contributed by atoms with Gasteiger partial charge in [0.05, 0.1) is 9.82 Å². The summed E-state index contributed by atoms with van der Waals surface area (Å²) in [6.07, 6.45) is 0. The molecule has 10 heteroatoms. The molecule has 0 fully saturated rings. The first-order chi connectivity index (χ1) is 14.2. The number of halogens is 1. The molecule has 8 nitrogen and oxygen atoms in total. The third-order valence-corrected chi connectivity index (χ3v) is 5.55. The van der Waals surface area contributed by atoms with Crippen LogP contribution in [0.15, 0.2) is 71.6 Å². The van der Waals surface area contributed by atoms with E-state index >= 15 is 0 Å². The van der Waals surface area contributed by atoms with Gasteiger partial charge in [-0.1, -0.05) is 12.1 Å². The second-order valence-electron chi connectivity index (χ2n) is 6.35. The van der Waals surface area contributed by atoms with E-state index in [4.69, 9.17) is 0 Å². The molecule has 30 heavy (non-hydrogen) atoms. The first-order valence-corrected chi connectivity index (χ1v) is 10.1. The number of amides is 1. The van der Waals surface area contributed by atoms with E-state index in [1.54, 1.807) is 6.92 Å². The molecule has 0 aliphatic carbocycles. The predicted octanol–water partition coefficient (Wildman–Crippen LogP) is 4.10. The lowest BCUT2D eigenvalue weighted by Crippen LogP contribution is -2.17. The summed E-state index contributed by atoms with van der Waals surface area (Å²) in [4.78, 5) is 22.8. The molecule has 3 aromatic carbocycles. The zero-order valence-corrected chi connectivity index (χ0v) is 16.4. The predicted molar refractivity (Wildman–Crippen MR) is 109 cm³/mol. The van der Waals surface area contributed by atoms with E-state index in [-0.39, 0.29) is 27.5 Å². The molecular weight excluding hydrogens is 413 g/mol. The average Bonchev–Trinajstić information content (AvgIpc) is 2.70. The molecule has 0 atom stereocenters.